The zero-order chi connectivity index (χ0) is 17.7. The summed E-state index contributed by atoms with van der Waals surface area (Å²) in [5.41, 5.74) is 2.08. The van der Waals surface area contributed by atoms with Crippen LogP contribution in [0.15, 0.2) is 18.2 Å². The van der Waals surface area contributed by atoms with Gasteiger partial charge in [-0.25, -0.2) is 19.6 Å². The van der Waals surface area contributed by atoms with Gasteiger partial charge in [0, 0.05) is 0 Å². The van der Waals surface area contributed by atoms with Gasteiger partial charge in [-0.2, -0.15) is 0 Å². The molecule has 0 spiro atoms. The Hall–Kier alpha value is -0.950. The van der Waals surface area contributed by atoms with E-state index in [1.807, 2.05) is 18.2 Å². The third-order valence-electron chi connectivity index (χ3n) is 4.66. The molecule has 1 aliphatic carbocycles. The molecule has 1 fully saturated rings. The highest BCUT2D eigenvalue weighted by Gasteiger charge is 2.30. The Balaban J connectivity index is 2.20. The van der Waals surface area contributed by atoms with Crippen molar-refractivity contribution in [1.82, 2.24) is 0 Å². The molecule has 0 amide bonds. The second-order valence-electron chi connectivity index (χ2n) is 6.40. The largest absolute Gasteiger partial charge is 0.531 e. The summed E-state index contributed by atoms with van der Waals surface area (Å²) in [6.45, 7) is 5.79. The third-order valence-corrected chi connectivity index (χ3v) is 5.48. The summed E-state index contributed by atoms with van der Waals surface area (Å²) in [5, 5.41) is 16.9. The highest BCUT2D eigenvalue weighted by Crippen LogP contribution is 2.48. The predicted molar refractivity (Wildman–Crippen MR) is 87.9 cm³/mol. The molecule has 2 N–H and O–H groups in total. The van der Waals surface area contributed by atoms with E-state index in [4.69, 9.17) is 19.8 Å². The maximum Gasteiger partial charge on any atom is 0.531 e. The van der Waals surface area contributed by atoms with Crippen molar-refractivity contribution < 1.29 is 33.7 Å². The van der Waals surface area contributed by atoms with Gasteiger partial charge >= 0.3 is 7.82 Å². The zero-order valence-corrected chi connectivity index (χ0v) is 15.1. The maximum absolute atomic E-state index is 11.5. The van der Waals surface area contributed by atoms with Crippen molar-refractivity contribution in [2.75, 3.05) is 6.79 Å². The fourth-order valence-corrected chi connectivity index (χ4v) is 3.26. The number of phosphoric acid groups is 1. The monoisotopic (exact) mass is 360 g/mol. The van der Waals surface area contributed by atoms with Gasteiger partial charge in [0.2, 0.25) is 6.79 Å². The zero-order valence-electron chi connectivity index (χ0n) is 14.2. The molecule has 0 saturated heterocycles. The van der Waals surface area contributed by atoms with Crippen LogP contribution in [0.2, 0.25) is 0 Å². The van der Waals surface area contributed by atoms with Gasteiger partial charge in [0.05, 0.1) is 0 Å². The normalized spacial score (nSPS) is 16.9. The molecule has 7 nitrogen and oxygen atoms in total. The highest BCUT2D eigenvalue weighted by atomic mass is 31.2. The molecule has 1 aromatic carbocycles. The first kappa shape index (κ1) is 19.4. The van der Waals surface area contributed by atoms with Crippen LogP contribution < -0.4 is 4.74 Å². The minimum absolute atomic E-state index is 0.225. The van der Waals surface area contributed by atoms with Gasteiger partial charge in [0.1, 0.15) is 5.75 Å². The maximum atomic E-state index is 11.5. The van der Waals surface area contributed by atoms with Gasteiger partial charge < -0.3 is 4.74 Å². The van der Waals surface area contributed by atoms with Crippen LogP contribution in [0.5, 0.6) is 5.75 Å². The van der Waals surface area contributed by atoms with E-state index in [1.165, 1.54) is 19.3 Å². The molecule has 0 aromatic heterocycles. The first-order valence-corrected chi connectivity index (χ1v) is 9.54. The summed E-state index contributed by atoms with van der Waals surface area (Å²) >= 11 is 0. The van der Waals surface area contributed by atoms with E-state index in [0.717, 1.165) is 11.1 Å². The fraction of sp³-hybridized carbons (Fsp3) is 0.625. The Kier molecular flexibility index (Phi) is 6.80. The van der Waals surface area contributed by atoms with Crippen molar-refractivity contribution in [1.29, 1.82) is 0 Å². The first-order valence-electron chi connectivity index (χ1n) is 8.08. The van der Waals surface area contributed by atoms with E-state index in [2.05, 4.69) is 30.1 Å². The van der Waals surface area contributed by atoms with Crippen molar-refractivity contribution in [3.8, 4) is 5.75 Å². The van der Waals surface area contributed by atoms with Crippen LogP contribution in [-0.2, 0) is 18.4 Å². The topological polar surface area (TPSA) is 94.5 Å². The summed E-state index contributed by atoms with van der Waals surface area (Å²) in [6.07, 6.45) is 3.66. The van der Waals surface area contributed by atoms with Crippen LogP contribution >= 0.6 is 7.82 Å². The Morgan fingerprint density at radius 3 is 2.29 bits per heavy atom. The first-order chi connectivity index (χ1) is 11.4. The standard InChI is InChI=1S/C16H25O7P/c1-11(2)14-8-5-9-15(12(3)13-6-4-7-13)16(14)20-10-21-24(19,22-17)23-18/h5,8-9,11-13,17-18H,4,6-7,10H2,1-3H3/t12-/m1/s1. The van der Waals surface area contributed by atoms with Gasteiger partial charge in [-0.05, 0) is 41.7 Å². The van der Waals surface area contributed by atoms with Crippen LogP contribution in [0.1, 0.15) is 63.0 Å². The Bertz CT molecular complexity index is 578. The van der Waals surface area contributed by atoms with Gasteiger partial charge in [0.15, 0.2) is 0 Å². The lowest BCUT2D eigenvalue weighted by atomic mass is 9.73. The summed E-state index contributed by atoms with van der Waals surface area (Å²) in [7, 11) is -4.42. The molecule has 24 heavy (non-hydrogen) atoms. The van der Waals surface area contributed by atoms with Crippen molar-refractivity contribution in [2.24, 2.45) is 5.92 Å². The lowest BCUT2D eigenvalue weighted by Crippen LogP contribution is -2.19. The van der Waals surface area contributed by atoms with Crippen LogP contribution in [0.3, 0.4) is 0 Å². The van der Waals surface area contributed by atoms with Crippen molar-refractivity contribution in [3.63, 3.8) is 0 Å². The van der Waals surface area contributed by atoms with Gasteiger partial charge in [-0.15, -0.1) is 9.35 Å². The summed E-state index contributed by atoms with van der Waals surface area (Å²) in [5.74, 6) is 1.86. The number of hydrogen-bond acceptors (Lipinski definition) is 7. The minimum Gasteiger partial charge on any atom is -0.466 e. The molecule has 0 radical (unpaired) electrons. The quantitative estimate of drug-likeness (QED) is 0.272. The average Bonchev–Trinajstić information content (AvgIpc) is 2.52. The van der Waals surface area contributed by atoms with E-state index in [-0.39, 0.29) is 5.92 Å². The molecule has 0 unspecified atom stereocenters. The molecular weight excluding hydrogens is 335 g/mol. The van der Waals surface area contributed by atoms with Crippen LogP contribution in [0.4, 0.5) is 0 Å². The molecule has 2 rings (SSSR count). The van der Waals surface area contributed by atoms with Gasteiger partial charge in [0.25, 0.3) is 0 Å². The molecule has 1 aromatic rings. The predicted octanol–water partition coefficient (Wildman–Crippen LogP) is 5.15. The van der Waals surface area contributed by atoms with E-state index in [9.17, 15) is 4.57 Å². The van der Waals surface area contributed by atoms with Crippen molar-refractivity contribution in [3.05, 3.63) is 29.3 Å². The third kappa shape index (κ3) is 4.36. The number of rotatable bonds is 9. The Morgan fingerprint density at radius 2 is 1.79 bits per heavy atom. The van der Waals surface area contributed by atoms with E-state index >= 15 is 0 Å². The molecule has 8 heteroatoms. The molecule has 0 bridgehead atoms. The van der Waals surface area contributed by atoms with Crippen LogP contribution in [-0.4, -0.2) is 17.3 Å². The van der Waals surface area contributed by atoms with Gasteiger partial charge in [-0.1, -0.05) is 45.4 Å². The van der Waals surface area contributed by atoms with Crippen molar-refractivity contribution >= 4 is 7.82 Å². The summed E-state index contributed by atoms with van der Waals surface area (Å²) < 4.78 is 28.9. The SMILES string of the molecule is CC(C)c1cccc([C@H](C)C2CCC2)c1OCOP(=O)(OO)OO. The summed E-state index contributed by atoms with van der Waals surface area (Å²) in [6, 6.07) is 6.00. The molecule has 0 heterocycles. The minimum atomic E-state index is -4.42. The Morgan fingerprint density at radius 1 is 1.17 bits per heavy atom. The van der Waals surface area contributed by atoms with Gasteiger partial charge in [-0.3, -0.25) is 0 Å². The Labute approximate surface area is 142 Å². The number of benzene rings is 1. The average molecular weight is 360 g/mol. The van der Waals surface area contributed by atoms with Crippen LogP contribution in [0, 0.1) is 5.92 Å². The smallest absolute Gasteiger partial charge is 0.466 e. The lowest BCUT2D eigenvalue weighted by Gasteiger charge is -2.33. The second kappa shape index (κ2) is 8.43. The molecule has 1 saturated carbocycles. The molecule has 1 atom stereocenters. The van der Waals surface area contributed by atoms with E-state index < -0.39 is 14.6 Å². The molecular formula is C16H25O7P. The second-order valence-corrected chi connectivity index (χ2v) is 7.88. The van der Waals surface area contributed by atoms with E-state index in [1.54, 1.807) is 0 Å². The van der Waals surface area contributed by atoms with E-state index in [0.29, 0.717) is 17.6 Å². The number of hydrogen-bond donors (Lipinski definition) is 2. The number of ether oxygens (including phenoxy) is 1. The van der Waals surface area contributed by atoms with Crippen molar-refractivity contribution in [2.45, 2.75) is 51.9 Å². The van der Waals surface area contributed by atoms with Crippen LogP contribution in [0.25, 0.3) is 0 Å². The lowest BCUT2D eigenvalue weighted by molar-refractivity contribution is -0.231. The molecule has 1 aliphatic rings. The molecule has 136 valence electrons. The summed E-state index contributed by atoms with van der Waals surface area (Å²) in [4.78, 5) is 0. The fourth-order valence-electron chi connectivity index (χ4n) is 2.96. The highest BCUT2D eigenvalue weighted by molar-refractivity contribution is 7.48. The molecule has 0 aliphatic heterocycles. The number of para-hydroxylation sites is 1.